The van der Waals surface area contributed by atoms with Gasteiger partial charge in [0.1, 0.15) is 41.4 Å². The highest BCUT2D eigenvalue weighted by molar-refractivity contribution is 6.09. The van der Waals surface area contributed by atoms with Gasteiger partial charge in [-0.25, -0.2) is 18.2 Å². The number of nitrogens with zero attached hydrogens (tertiary/aromatic N) is 4. The second kappa shape index (κ2) is 19.5. The van der Waals surface area contributed by atoms with Crippen molar-refractivity contribution >= 4 is 44.6 Å². The van der Waals surface area contributed by atoms with Crippen LogP contribution in [0.4, 0.5) is 35.9 Å². The number of hydrogen-bond acceptors (Lipinski definition) is 4. The molecule has 0 N–H and O–H groups in total. The van der Waals surface area contributed by atoms with E-state index < -0.39 is 22.9 Å². The molecular weight excluding hydrogens is 958 g/mol. The lowest BCUT2D eigenvalue weighted by Gasteiger charge is -2.31. The summed E-state index contributed by atoms with van der Waals surface area (Å²) >= 11 is 0. The minimum Gasteiger partial charge on any atom is -0.457 e. The lowest BCUT2D eigenvalue weighted by Crippen LogP contribution is -2.25. The normalized spacial score (nSPS) is 12.9. The van der Waals surface area contributed by atoms with Gasteiger partial charge in [0.25, 0.3) is 0 Å². The van der Waals surface area contributed by atoms with Crippen molar-refractivity contribution in [2.45, 2.75) is 98.8 Å². The van der Waals surface area contributed by atoms with Crippen LogP contribution >= 0.6 is 0 Å². The number of aromatic nitrogens is 2. The lowest BCUT2D eigenvalue weighted by atomic mass is 9.81. The van der Waals surface area contributed by atoms with Crippen LogP contribution in [-0.2, 0) is 10.8 Å². The lowest BCUT2D eigenvalue weighted by molar-refractivity contribution is 0.483. The van der Waals surface area contributed by atoms with Crippen LogP contribution in [0.1, 0.15) is 109 Å². The maximum Gasteiger partial charge on any atom is 0.137 e. The first-order valence-electron chi connectivity index (χ1n) is 26.7. The van der Waals surface area contributed by atoms with Gasteiger partial charge in [-0.15, -0.1) is 0 Å². The molecule has 0 fully saturated rings. The number of halogens is 3. The van der Waals surface area contributed by atoms with E-state index in [2.05, 4.69) is 212 Å². The molecule has 0 spiro atoms. The Morgan fingerprint density at radius 1 is 0.519 bits per heavy atom. The van der Waals surface area contributed by atoms with Crippen molar-refractivity contribution in [3.8, 4) is 50.7 Å². The molecule has 11 rings (SSSR count). The molecule has 0 radical (unpaired) electrons. The average Bonchev–Trinajstić information content (AvgIpc) is 4.06. The number of pyridine rings is 1. The first-order valence-corrected chi connectivity index (χ1v) is 26.7. The second-order valence-electron chi connectivity index (χ2n) is 23.4. The summed E-state index contributed by atoms with van der Waals surface area (Å²) in [7, 11) is 0. The monoisotopic (exact) mass is 1020 g/mol. The molecule has 0 amide bonds. The van der Waals surface area contributed by atoms with Gasteiger partial charge in [0.05, 0.1) is 33.7 Å². The predicted octanol–water partition coefficient (Wildman–Crippen LogP) is 19.8. The van der Waals surface area contributed by atoms with Gasteiger partial charge in [-0.3, -0.25) is 4.57 Å². The van der Waals surface area contributed by atoms with Gasteiger partial charge in [0.2, 0.25) is 0 Å². The summed E-state index contributed by atoms with van der Waals surface area (Å²) in [4.78, 5) is 9.33. The Morgan fingerprint density at radius 3 is 1.81 bits per heavy atom. The van der Waals surface area contributed by atoms with Gasteiger partial charge in [-0.1, -0.05) is 142 Å². The number of benzene rings is 8. The number of fused-ring (bicyclic) bond motifs is 4. The van der Waals surface area contributed by atoms with Crippen molar-refractivity contribution in [1.29, 1.82) is 0 Å². The number of hydrogen-bond donors (Lipinski definition) is 0. The molecule has 388 valence electrons. The fraction of sp³-hybridized carbons (Fsp3) is 0.232. The van der Waals surface area contributed by atoms with Gasteiger partial charge >= 0.3 is 0 Å². The first-order chi connectivity index (χ1) is 36.7. The quantitative estimate of drug-likeness (QED) is 0.137. The second-order valence-corrected chi connectivity index (χ2v) is 23.4. The Morgan fingerprint density at radius 2 is 1.13 bits per heavy atom. The van der Waals surface area contributed by atoms with Crippen molar-refractivity contribution in [3.63, 3.8) is 0 Å². The average molecular weight is 1020 g/mol. The van der Waals surface area contributed by atoms with Crippen molar-refractivity contribution in [2.24, 2.45) is 0 Å². The van der Waals surface area contributed by atoms with Crippen LogP contribution in [-0.4, -0.2) is 16.2 Å². The fourth-order valence-corrected chi connectivity index (χ4v) is 10.9. The zero-order valence-electron chi connectivity index (χ0n) is 45.9. The summed E-state index contributed by atoms with van der Waals surface area (Å²) in [5.74, 6) is -0.368. The highest BCUT2D eigenvalue weighted by Crippen LogP contribution is 2.53. The molecule has 0 aliphatic carbocycles. The smallest absolute Gasteiger partial charge is 0.137 e. The molecule has 1 aliphatic heterocycles. The molecule has 0 saturated heterocycles. The summed E-state index contributed by atoms with van der Waals surface area (Å²) in [5.41, 5.74) is 14.1. The van der Waals surface area contributed by atoms with Gasteiger partial charge in [-0.05, 0) is 141 Å². The van der Waals surface area contributed by atoms with E-state index in [1.54, 1.807) is 0 Å². The van der Waals surface area contributed by atoms with Crippen LogP contribution < -0.4 is 14.5 Å². The summed E-state index contributed by atoms with van der Waals surface area (Å²) < 4.78 is 57.5. The van der Waals surface area contributed by atoms with Crippen LogP contribution in [0.5, 0.6) is 11.5 Å². The number of para-hydroxylation sites is 3. The van der Waals surface area contributed by atoms with E-state index in [1.807, 2.05) is 36.5 Å². The maximum atomic E-state index is 16.6. The van der Waals surface area contributed by atoms with Crippen LogP contribution in [0, 0.1) is 24.4 Å². The number of anilines is 4. The molecule has 0 bridgehead atoms. The SMILES string of the molecule is Cc1ccccc1-c1cc(Oc2ccc3c4ccccc4n(-c4cc(C(C)(C)C)ccn4)c3c2)cc(N2CN(c3c(-c4cc(C(C)C)cc(C(C)C)c4)cc(C(C)(C)C)cc3-c3c(F)cc(F)cc3F)c3ccccc32)c1. The minimum atomic E-state index is -0.974. The van der Waals surface area contributed by atoms with E-state index in [-0.39, 0.29) is 29.5 Å². The highest BCUT2D eigenvalue weighted by Gasteiger charge is 2.35. The minimum absolute atomic E-state index is 0.0751. The predicted molar refractivity (Wildman–Crippen MR) is 314 cm³/mol. The van der Waals surface area contributed by atoms with E-state index >= 15 is 8.78 Å². The molecule has 5 nitrogen and oxygen atoms in total. The van der Waals surface area contributed by atoms with Gasteiger partial charge in [0.15, 0.2) is 0 Å². The third-order valence-electron chi connectivity index (χ3n) is 15.3. The van der Waals surface area contributed by atoms with Crippen molar-refractivity contribution < 1.29 is 17.9 Å². The van der Waals surface area contributed by atoms with Gasteiger partial charge in [0, 0.05) is 58.0 Å². The fourth-order valence-electron chi connectivity index (χ4n) is 10.9. The zero-order chi connectivity index (χ0) is 54.2. The Labute approximate surface area is 451 Å². The van der Waals surface area contributed by atoms with E-state index in [9.17, 15) is 4.39 Å². The molecule has 2 aromatic heterocycles. The molecule has 10 aromatic rings. The van der Waals surface area contributed by atoms with Crippen LogP contribution in [0.15, 0.2) is 170 Å². The molecule has 0 unspecified atom stereocenters. The number of ether oxygens (including phenoxy) is 1. The van der Waals surface area contributed by atoms with Gasteiger partial charge < -0.3 is 14.5 Å². The van der Waals surface area contributed by atoms with E-state index in [1.165, 1.54) is 5.56 Å². The standard InChI is InChI=1S/C69H65F3N4O/c1-41(2)44-28-45(42(3)4)30-46(29-44)57-33-49(69(9,10)11)34-58(66-59(71)36-50(70)37-60(66)72)67(57)75-40-74(62-22-16-17-23-63(62)75)51-31-47(54-19-13-12-18-43(54)5)32-53(38-51)77-52-24-25-56-55-20-14-15-21-61(55)76(64(56)39-52)65-35-48(26-27-73-65)68(6,7)8/h12-39,41-42H,40H2,1-11H3. The Bertz CT molecular complexity index is 3880. The third kappa shape index (κ3) is 9.53. The Kier molecular flexibility index (Phi) is 12.9. The molecule has 3 heterocycles. The Balaban J connectivity index is 1.11. The number of rotatable bonds is 10. The van der Waals surface area contributed by atoms with Crippen molar-refractivity contribution in [1.82, 2.24) is 9.55 Å². The number of aryl methyl sites for hydroxylation is 1. The zero-order valence-corrected chi connectivity index (χ0v) is 45.9. The van der Waals surface area contributed by atoms with Crippen LogP contribution in [0.25, 0.3) is 61.0 Å². The van der Waals surface area contributed by atoms with Crippen molar-refractivity contribution in [3.05, 3.63) is 215 Å². The third-order valence-corrected chi connectivity index (χ3v) is 15.3. The van der Waals surface area contributed by atoms with Crippen molar-refractivity contribution in [2.75, 3.05) is 16.5 Å². The maximum absolute atomic E-state index is 16.6. The Hall–Kier alpha value is -8.10. The largest absolute Gasteiger partial charge is 0.457 e. The van der Waals surface area contributed by atoms with E-state index in [4.69, 9.17) is 9.72 Å². The molecule has 77 heavy (non-hydrogen) atoms. The molecule has 8 aromatic carbocycles. The van der Waals surface area contributed by atoms with E-state index in [0.717, 1.165) is 101 Å². The summed E-state index contributed by atoms with van der Waals surface area (Å²) in [6.45, 7) is 24.1. The molecule has 0 atom stereocenters. The highest BCUT2D eigenvalue weighted by atomic mass is 19.1. The van der Waals surface area contributed by atoms with Crippen LogP contribution in [0.2, 0.25) is 0 Å². The first kappa shape index (κ1) is 51.0. The molecule has 0 saturated carbocycles. The summed E-state index contributed by atoms with van der Waals surface area (Å²) in [6, 6.07) is 54.1. The molecule has 8 heteroatoms. The van der Waals surface area contributed by atoms with Gasteiger partial charge in [-0.2, -0.15) is 0 Å². The summed E-state index contributed by atoms with van der Waals surface area (Å²) in [6.07, 6.45) is 1.89. The topological polar surface area (TPSA) is 33.5 Å². The van der Waals surface area contributed by atoms with E-state index in [0.29, 0.717) is 22.7 Å². The summed E-state index contributed by atoms with van der Waals surface area (Å²) in [5, 5.41) is 2.21. The molecular formula is C69H65F3N4O. The van der Waals surface area contributed by atoms with Crippen LogP contribution in [0.3, 0.4) is 0 Å². The molecule has 1 aliphatic rings.